The van der Waals surface area contributed by atoms with E-state index in [4.69, 9.17) is 4.74 Å². The molecule has 0 atom stereocenters. The Kier molecular flexibility index (Phi) is 4.54. The number of Topliss-reactive ketones (excluding diaryl/α,β-unsaturated/α-hetero) is 1. The third-order valence-corrected chi connectivity index (χ3v) is 4.04. The second kappa shape index (κ2) is 6.75. The minimum absolute atomic E-state index is 0.0276. The Morgan fingerprint density at radius 3 is 2.41 bits per heavy atom. The second-order valence-electron chi connectivity index (χ2n) is 4.99. The first kappa shape index (κ1) is 14.8. The molecular formula is C19H15BrO2. The number of halogens is 1. The Morgan fingerprint density at radius 1 is 0.909 bits per heavy atom. The van der Waals surface area contributed by atoms with Crippen molar-refractivity contribution in [1.29, 1.82) is 0 Å². The maximum Gasteiger partial charge on any atom is 0.177 e. The fourth-order valence-electron chi connectivity index (χ4n) is 2.46. The number of ether oxygens (including phenoxy) is 1. The van der Waals surface area contributed by atoms with E-state index in [2.05, 4.69) is 15.9 Å². The zero-order valence-electron chi connectivity index (χ0n) is 12.0. The van der Waals surface area contributed by atoms with Gasteiger partial charge in [-0.1, -0.05) is 76.6 Å². The monoisotopic (exact) mass is 354 g/mol. The highest BCUT2D eigenvalue weighted by Crippen LogP contribution is 2.29. The molecule has 0 saturated carbocycles. The van der Waals surface area contributed by atoms with Crippen molar-refractivity contribution in [3.63, 3.8) is 0 Å². The molecule has 3 heteroatoms. The molecule has 0 amide bonds. The van der Waals surface area contributed by atoms with E-state index in [1.54, 1.807) is 0 Å². The Morgan fingerprint density at radius 2 is 1.64 bits per heavy atom. The van der Waals surface area contributed by atoms with Gasteiger partial charge in [-0.25, -0.2) is 0 Å². The summed E-state index contributed by atoms with van der Waals surface area (Å²) in [6, 6.07) is 21.7. The summed E-state index contributed by atoms with van der Waals surface area (Å²) in [5, 5.41) is 2.25. The van der Waals surface area contributed by atoms with Crippen LogP contribution in [-0.4, -0.2) is 11.1 Å². The SMILES string of the molecule is O=C(CBr)c1c(OCc2ccccc2)ccc2ccccc12. The molecule has 0 aromatic heterocycles. The fourth-order valence-corrected chi connectivity index (χ4v) is 2.74. The van der Waals surface area contributed by atoms with Crippen LogP contribution in [0.5, 0.6) is 5.75 Å². The van der Waals surface area contributed by atoms with Crippen LogP contribution in [0.4, 0.5) is 0 Å². The third kappa shape index (κ3) is 3.04. The zero-order valence-corrected chi connectivity index (χ0v) is 13.5. The number of hydrogen-bond donors (Lipinski definition) is 0. The highest BCUT2D eigenvalue weighted by Gasteiger charge is 2.15. The largest absolute Gasteiger partial charge is 0.488 e. The summed E-state index contributed by atoms with van der Waals surface area (Å²) in [4.78, 5) is 12.3. The van der Waals surface area contributed by atoms with Crippen LogP contribution in [-0.2, 0) is 6.61 Å². The number of ketones is 1. The van der Waals surface area contributed by atoms with Crippen LogP contribution < -0.4 is 4.74 Å². The average Bonchev–Trinajstić information content (AvgIpc) is 2.59. The number of fused-ring (bicyclic) bond motifs is 1. The van der Waals surface area contributed by atoms with Gasteiger partial charge in [-0.3, -0.25) is 4.79 Å². The Balaban J connectivity index is 1.99. The maximum atomic E-state index is 12.3. The topological polar surface area (TPSA) is 26.3 Å². The maximum absolute atomic E-state index is 12.3. The van der Waals surface area contributed by atoms with Gasteiger partial charge in [0.15, 0.2) is 5.78 Å². The first-order chi connectivity index (χ1) is 10.8. The zero-order chi connectivity index (χ0) is 15.4. The molecule has 3 rings (SSSR count). The lowest BCUT2D eigenvalue weighted by molar-refractivity contribution is 0.102. The standard InChI is InChI=1S/C19H15BrO2/c20-12-17(21)19-16-9-5-4-8-15(16)10-11-18(19)22-13-14-6-2-1-3-7-14/h1-11H,12-13H2. The molecule has 0 spiro atoms. The Hall–Kier alpha value is -2.13. The Labute approximate surface area is 137 Å². The van der Waals surface area contributed by atoms with Gasteiger partial charge in [0.1, 0.15) is 12.4 Å². The minimum atomic E-state index is 0.0276. The van der Waals surface area contributed by atoms with Crippen LogP contribution in [0, 0.1) is 0 Å². The van der Waals surface area contributed by atoms with Crippen molar-refractivity contribution < 1.29 is 9.53 Å². The highest BCUT2D eigenvalue weighted by atomic mass is 79.9. The molecule has 0 N–H and O–H groups in total. The Bertz CT molecular complexity index is 797. The van der Waals surface area contributed by atoms with Gasteiger partial charge in [-0.2, -0.15) is 0 Å². The summed E-state index contributed by atoms with van der Waals surface area (Å²) in [7, 11) is 0. The molecule has 3 aromatic rings. The van der Waals surface area contributed by atoms with Gasteiger partial charge in [0.2, 0.25) is 0 Å². The number of alkyl halides is 1. The molecule has 0 aliphatic heterocycles. The molecule has 0 heterocycles. The van der Waals surface area contributed by atoms with Crippen molar-refractivity contribution in [3.05, 3.63) is 77.9 Å². The van der Waals surface area contributed by atoms with E-state index < -0.39 is 0 Å². The van der Waals surface area contributed by atoms with E-state index in [0.717, 1.165) is 16.3 Å². The van der Waals surface area contributed by atoms with Gasteiger partial charge < -0.3 is 4.74 Å². The van der Waals surface area contributed by atoms with Crippen LogP contribution in [0.25, 0.3) is 10.8 Å². The predicted molar refractivity (Wildman–Crippen MR) is 92.8 cm³/mol. The van der Waals surface area contributed by atoms with E-state index in [9.17, 15) is 4.79 Å². The normalized spacial score (nSPS) is 10.6. The number of hydrogen-bond acceptors (Lipinski definition) is 2. The quantitative estimate of drug-likeness (QED) is 0.476. The van der Waals surface area contributed by atoms with Crippen LogP contribution in [0.2, 0.25) is 0 Å². The third-order valence-electron chi connectivity index (χ3n) is 3.53. The molecule has 110 valence electrons. The number of carbonyl (C=O) groups excluding carboxylic acids is 1. The molecular weight excluding hydrogens is 340 g/mol. The van der Waals surface area contributed by atoms with Crippen molar-refractivity contribution in [2.24, 2.45) is 0 Å². The lowest BCUT2D eigenvalue weighted by Gasteiger charge is -2.13. The number of carbonyl (C=O) groups is 1. The molecule has 0 saturated heterocycles. The van der Waals surface area contributed by atoms with Gasteiger partial charge in [-0.15, -0.1) is 0 Å². The van der Waals surface area contributed by atoms with E-state index in [1.807, 2.05) is 66.7 Å². The summed E-state index contributed by atoms with van der Waals surface area (Å²) in [5.41, 5.74) is 1.72. The molecule has 0 unspecified atom stereocenters. The number of rotatable bonds is 5. The van der Waals surface area contributed by atoms with Crippen molar-refractivity contribution in [1.82, 2.24) is 0 Å². The van der Waals surface area contributed by atoms with E-state index in [0.29, 0.717) is 17.9 Å². The van der Waals surface area contributed by atoms with E-state index in [1.165, 1.54) is 0 Å². The van der Waals surface area contributed by atoms with Gasteiger partial charge in [0.05, 0.1) is 10.9 Å². The minimum Gasteiger partial charge on any atom is -0.488 e. The van der Waals surface area contributed by atoms with E-state index in [-0.39, 0.29) is 11.1 Å². The molecule has 2 nitrogen and oxygen atoms in total. The molecule has 0 aliphatic rings. The van der Waals surface area contributed by atoms with E-state index >= 15 is 0 Å². The van der Waals surface area contributed by atoms with Gasteiger partial charge in [0, 0.05) is 0 Å². The summed E-state index contributed by atoms with van der Waals surface area (Å²) in [5.74, 6) is 0.659. The summed E-state index contributed by atoms with van der Waals surface area (Å²) >= 11 is 3.26. The first-order valence-electron chi connectivity index (χ1n) is 7.07. The highest BCUT2D eigenvalue weighted by molar-refractivity contribution is 9.09. The van der Waals surface area contributed by atoms with Crippen LogP contribution in [0.3, 0.4) is 0 Å². The lowest BCUT2D eigenvalue weighted by Crippen LogP contribution is -2.06. The van der Waals surface area contributed by atoms with Crippen LogP contribution in [0.1, 0.15) is 15.9 Å². The first-order valence-corrected chi connectivity index (χ1v) is 8.19. The molecule has 3 aromatic carbocycles. The van der Waals surface area contributed by atoms with Gasteiger partial charge in [0.25, 0.3) is 0 Å². The summed E-state index contributed by atoms with van der Waals surface area (Å²) < 4.78 is 5.91. The molecule has 22 heavy (non-hydrogen) atoms. The lowest BCUT2D eigenvalue weighted by atomic mass is 10.0. The smallest absolute Gasteiger partial charge is 0.177 e. The van der Waals surface area contributed by atoms with Gasteiger partial charge >= 0.3 is 0 Å². The van der Waals surface area contributed by atoms with Crippen molar-refractivity contribution >= 4 is 32.5 Å². The molecule has 0 bridgehead atoms. The van der Waals surface area contributed by atoms with Crippen molar-refractivity contribution in [3.8, 4) is 5.75 Å². The van der Waals surface area contributed by atoms with Crippen LogP contribution in [0.15, 0.2) is 66.7 Å². The molecule has 0 radical (unpaired) electrons. The fraction of sp³-hybridized carbons (Fsp3) is 0.105. The molecule has 0 aliphatic carbocycles. The van der Waals surface area contributed by atoms with Crippen molar-refractivity contribution in [2.45, 2.75) is 6.61 Å². The second-order valence-corrected chi connectivity index (χ2v) is 5.55. The summed E-state index contributed by atoms with van der Waals surface area (Å²) in [6.45, 7) is 0.446. The average molecular weight is 355 g/mol. The van der Waals surface area contributed by atoms with Gasteiger partial charge in [-0.05, 0) is 22.4 Å². The van der Waals surface area contributed by atoms with Crippen molar-refractivity contribution in [2.75, 3.05) is 5.33 Å². The summed E-state index contributed by atoms with van der Waals surface area (Å²) in [6.07, 6.45) is 0. The predicted octanol–water partition coefficient (Wildman–Crippen LogP) is 5.00. The number of benzene rings is 3. The van der Waals surface area contributed by atoms with Crippen LogP contribution >= 0.6 is 15.9 Å². The molecule has 0 fully saturated rings.